The first kappa shape index (κ1) is 30.1. The van der Waals surface area contributed by atoms with Gasteiger partial charge in [-0.3, -0.25) is 9.59 Å². The normalized spacial score (nSPS) is 11.8. The number of hydrogen-bond donors (Lipinski definition) is 3. The SMILES string of the molecule is CC#CCNC(=O)COCCOC(COc1cccc(C(=O)NCCNC)c1)SSC(C)(C)C. The number of carbonyl (C=O) groups excluding carboxylic acids is 2. The quantitative estimate of drug-likeness (QED) is 0.135. The molecule has 0 heterocycles. The largest absolute Gasteiger partial charge is 0.490 e. The summed E-state index contributed by atoms with van der Waals surface area (Å²) in [7, 11) is 5.12. The average molecular weight is 512 g/mol. The first-order chi connectivity index (χ1) is 16.2. The number of amides is 2. The molecule has 1 atom stereocenters. The fourth-order valence-corrected chi connectivity index (χ4v) is 4.47. The van der Waals surface area contributed by atoms with Crippen LogP contribution in [0.25, 0.3) is 0 Å². The molecule has 1 unspecified atom stereocenters. The van der Waals surface area contributed by atoms with Crippen LogP contribution in [0.3, 0.4) is 0 Å². The van der Waals surface area contributed by atoms with Crippen molar-refractivity contribution in [1.29, 1.82) is 0 Å². The van der Waals surface area contributed by atoms with Crippen molar-refractivity contribution in [3.8, 4) is 17.6 Å². The molecule has 1 rings (SSSR count). The number of nitrogens with one attached hydrogen (secondary N) is 3. The molecule has 0 aromatic heterocycles. The minimum absolute atomic E-state index is 0.0387. The van der Waals surface area contributed by atoms with Gasteiger partial charge < -0.3 is 30.2 Å². The van der Waals surface area contributed by atoms with Gasteiger partial charge in [0, 0.05) is 23.4 Å². The molecule has 0 aliphatic heterocycles. The second-order valence-electron chi connectivity index (χ2n) is 8.05. The Hall–Kier alpha value is -1.90. The Balaban J connectivity index is 2.52. The summed E-state index contributed by atoms with van der Waals surface area (Å²) in [6.07, 6.45) is 0. The van der Waals surface area contributed by atoms with Crippen LogP contribution in [0.15, 0.2) is 24.3 Å². The zero-order valence-corrected chi connectivity index (χ0v) is 22.3. The van der Waals surface area contributed by atoms with Gasteiger partial charge in [-0.2, -0.15) is 0 Å². The minimum Gasteiger partial charge on any atom is -0.490 e. The maximum Gasteiger partial charge on any atom is 0.251 e. The first-order valence-corrected chi connectivity index (χ1v) is 13.3. The van der Waals surface area contributed by atoms with Crippen LogP contribution in [0, 0.1) is 11.8 Å². The predicted molar refractivity (Wildman–Crippen MR) is 140 cm³/mol. The summed E-state index contributed by atoms with van der Waals surface area (Å²) in [6, 6.07) is 7.08. The van der Waals surface area contributed by atoms with Crippen LogP contribution >= 0.6 is 21.6 Å². The average Bonchev–Trinajstić information content (AvgIpc) is 2.80. The van der Waals surface area contributed by atoms with Gasteiger partial charge in [0.05, 0.1) is 19.8 Å². The maximum absolute atomic E-state index is 12.3. The van der Waals surface area contributed by atoms with Crippen molar-refractivity contribution in [3.05, 3.63) is 29.8 Å². The van der Waals surface area contributed by atoms with E-state index in [9.17, 15) is 9.59 Å². The molecule has 0 saturated heterocycles. The predicted octanol–water partition coefficient (Wildman–Crippen LogP) is 2.69. The third kappa shape index (κ3) is 15.1. The van der Waals surface area contributed by atoms with Crippen molar-refractivity contribution in [3.63, 3.8) is 0 Å². The zero-order valence-electron chi connectivity index (χ0n) is 20.7. The minimum atomic E-state index is -0.255. The third-order valence-electron chi connectivity index (χ3n) is 3.86. The molecule has 0 bridgehead atoms. The molecule has 0 radical (unpaired) electrons. The summed E-state index contributed by atoms with van der Waals surface area (Å²) in [4.78, 5) is 23.9. The van der Waals surface area contributed by atoms with E-state index in [4.69, 9.17) is 14.2 Å². The molecule has 1 aromatic carbocycles. The highest BCUT2D eigenvalue weighted by Crippen LogP contribution is 2.38. The number of rotatable bonds is 16. The molecular formula is C24H37N3O5S2. The van der Waals surface area contributed by atoms with Gasteiger partial charge in [-0.15, -0.1) is 5.92 Å². The third-order valence-corrected chi connectivity index (χ3v) is 7.38. The topological polar surface area (TPSA) is 97.9 Å². The summed E-state index contributed by atoms with van der Waals surface area (Å²) >= 11 is 0. The van der Waals surface area contributed by atoms with Gasteiger partial charge in [0.15, 0.2) is 0 Å². The number of ether oxygens (including phenoxy) is 3. The molecule has 0 fully saturated rings. The highest BCUT2D eigenvalue weighted by molar-refractivity contribution is 8.77. The second-order valence-corrected chi connectivity index (χ2v) is 11.2. The molecule has 2 amide bonds. The molecular weight excluding hydrogens is 474 g/mol. The smallest absolute Gasteiger partial charge is 0.251 e. The standard InChI is InChI=1S/C24H37N3O5S2/c1-6-7-11-26-21(28)17-30-14-15-31-22(33-34-24(2,3)4)18-32-20-10-8-9-19(16-20)23(29)27-13-12-25-5/h8-10,16,22,25H,11-15,17-18H2,1-5H3,(H,26,28)(H,27,29). The lowest BCUT2D eigenvalue weighted by atomic mass is 10.2. The van der Waals surface area contributed by atoms with E-state index in [-0.39, 0.29) is 35.2 Å². The van der Waals surface area contributed by atoms with Crippen LogP contribution in [0.1, 0.15) is 38.1 Å². The fourth-order valence-electron chi connectivity index (χ4n) is 2.28. The summed E-state index contributed by atoms with van der Waals surface area (Å²) in [5.74, 6) is 5.72. The molecule has 34 heavy (non-hydrogen) atoms. The van der Waals surface area contributed by atoms with Gasteiger partial charge in [-0.1, -0.05) is 54.3 Å². The van der Waals surface area contributed by atoms with Crippen LogP contribution in [-0.4, -0.2) is 75.1 Å². The van der Waals surface area contributed by atoms with Gasteiger partial charge in [-0.25, -0.2) is 0 Å². The van der Waals surface area contributed by atoms with E-state index in [1.165, 1.54) is 0 Å². The molecule has 0 saturated carbocycles. The summed E-state index contributed by atoms with van der Waals surface area (Å²) in [5, 5.41) is 8.49. The molecule has 8 nitrogen and oxygen atoms in total. The van der Waals surface area contributed by atoms with Crippen molar-refractivity contribution in [1.82, 2.24) is 16.0 Å². The van der Waals surface area contributed by atoms with Crippen molar-refractivity contribution in [2.45, 2.75) is 37.9 Å². The molecule has 3 N–H and O–H groups in total. The summed E-state index contributed by atoms with van der Waals surface area (Å²) < 4.78 is 17.3. The van der Waals surface area contributed by atoms with Crippen LogP contribution in [0.2, 0.25) is 0 Å². The van der Waals surface area contributed by atoms with Gasteiger partial charge in [0.2, 0.25) is 5.91 Å². The zero-order chi connectivity index (χ0) is 25.2. The number of likely N-dealkylation sites (N-methyl/N-ethyl adjacent to an activating group) is 1. The van der Waals surface area contributed by atoms with Crippen molar-refractivity contribution >= 4 is 33.4 Å². The van der Waals surface area contributed by atoms with E-state index in [1.807, 2.05) is 13.1 Å². The lowest BCUT2D eigenvalue weighted by Crippen LogP contribution is -2.30. The van der Waals surface area contributed by atoms with E-state index in [0.29, 0.717) is 44.2 Å². The molecule has 10 heteroatoms. The van der Waals surface area contributed by atoms with E-state index in [1.54, 1.807) is 46.7 Å². The van der Waals surface area contributed by atoms with Crippen LogP contribution in [0.5, 0.6) is 5.75 Å². The molecule has 1 aromatic rings. The van der Waals surface area contributed by atoms with Crippen molar-refractivity contribution in [2.75, 3.05) is 53.1 Å². The van der Waals surface area contributed by atoms with Gasteiger partial charge in [0.25, 0.3) is 5.91 Å². The Kier molecular flexibility index (Phi) is 15.5. The Morgan fingerprint density at radius 2 is 1.94 bits per heavy atom. The van der Waals surface area contributed by atoms with Gasteiger partial charge in [-0.05, 0) is 32.2 Å². The lowest BCUT2D eigenvalue weighted by molar-refractivity contribution is -0.126. The lowest BCUT2D eigenvalue weighted by Gasteiger charge is -2.22. The monoisotopic (exact) mass is 511 g/mol. The Morgan fingerprint density at radius 1 is 1.15 bits per heavy atom. The molecule has 0 aliphatic carbocycles. The summed E-state index contributed by atoms with van der Waals surface area (Å²) in [6.45, 7) is 10.5. The molecule has 0 aliphatic rings. The van der Waals surface area contributed by atoms with Crippen molar-refractivity contribution in [2.24, 2.45) is 0 Å². The first-order valence-electron chi connectivity index (χ1n) is 11.1. The van der Waals surface area contributed by atoms with Crippen molar-refractivity contribution < 1.29 is 23.8 Å². The Bertz CT molecular complexity index is 806. The van der Waals surface area contributed by atoms with Gasteiger partial charge >= 0.3 is 0 Å². The van der Waals surface area contributed by atoms with E-state index in [2.05, 4.69) is 48.6 Å². The number of benzene rings is 1. The highest BCUT2D eigenvalue weighted by Gasteiger charge is 2.18. The van der Waals surface area contributed by atoms with E-state index >= 15 is 0 Å². The Morgan fingerprint density at radius 3 is 2.65 bits per heavy atom. The Labute approximate surface area is 211 Å². The molecule has 190 valence electrons. The van der Waals surface area contributed by atoms with Crippen LogP contribution in [-0.2, 0) is 14.3 Å². The van der Waals surface area contributed by atoms with Crippen LogP contribution < -0.4 is 20.7 Å². The number of carbonyl (C=O) groups is 2. The van der Waals surface area contributed by atoms with E-state index in [0.717, 1.165) is 0 Å². The summed E-state index contributed by atoms with van der Waals surface area (Å²) in [5.41, 5.74) is 0.286. The number of hydrogen-bond acceptors (Lipinski definition) is 8. The van der Waals surface area contributed by atoms with Crippen LogP contribution in [0.4, 0.5) is 0 Å². The fraction of sp³-hybridized carbons (Fsp3) is 0.583. The molecule has 0 spiro atoms. The van der Waals surface area contributed by atoms with Gasteiger partial charge in [0.1, 0.15) is 24.4 Å². The van der Waals surface area contributed by atoms with E-state index < -0.39 is 0 Å². The second kappa shape index (κ2) is 17.5. The maximum atomic E-state index is 12.3. The highest BCUT2D eigenvalue weighted by atomic mass is 33.1.